The van der Waals surface area contributed by atoms with Gasteiger partial charge >= 0.3 is 5.97 Å². The van der Waals surface area contributed by atoms with Crippen LogP contribution in [0.15, 0.2) is 59.5 Å². The Morgan fingerprint density at radius 3 is 2.40 bits per heavy atom. The molecule has 0 fully saturated rings. The third-order valence-electron chi connectivity index (χ3n) is 2.97. The minimum atomic E-state index is -0.305. The van der Waals surface area contributed by atoms with Gasteiger partial charge < -0.3 is 4.18 Å². The maximum Gasteiger partial charge on any atom is 0.350 e. The van der Waals surface area contributed by atoms with Crippen LogP contribution in [0.3, 0.4) is 0 Å². The van der Waals surface area contributed by atoms with E-state index in [0.717, 1.165) is 23.4 Å². The first kappa shape index (κ1) is 14.7. The third-order valence-corrected chi connectivity index (χ3v) is 3.66. The number of benzene rings is 2. The maximum atomic E-state index is 11.9. The van der Waals surface area contributed by atoms with Crippen molar-refractivity contribution in [2.45, 2.75) is 31.1 Å². The normalized spacial score (nSPS) is 10.2. The Morgan fingerprint density at radius 1 is 1.05 bits per heavy atom. The lowest BCUT2D eigenvalue weighted by Gasteiger charge is -2.04. The Balaban J connectivity index is 1.89. The van der Waals surface area contributed by atoms with Crippen molar-refractivity contribution >= 4 is 18.0 Å². The lowest BCUT2D eigenvalue weighted by Crippen LogP contribution is -2.00. The fourth-order valence-electron chi connectivity index (χ4n) is 1.80. The summed E-state index contributed by atoms with van der Waals surface area (Å²) >= 11 is 1.09. The van der Waals surface area contributed by atoms with Crippen LogP contribution in [0, 0.1) is 0 Å². The molecule has 2 nitrogen and oxygen atoms in total. The molecule has 2 aromatic carbocycles. The van der Waals surface area contributed by atoms with E-state index in [9.17, 15) is 4.79 Å². The van der Waals surface area contributed by atoms with Crippen molar-refractivity contribution in [3.05, 3.63) is 65.7 Å². The van der Waals surface area contributed by atoms with Crippen molar-refractivity contribution in [2.75, 3.05) is 0 Å². The van der Waals surface area contributed by atoms with Gasteiger partial charge in [-0.3, -0.25) is 0 Å². The highest BCUT2D eigenvalue weighted by Crippen LogP contribution is 2.20. The molecule has 0 radical (unpaired) electrons. The summed E-state index contributed by atoms with van der Waals surface area (Å²) in [6, 6.07) is 17.2. The number of aryl methyl sites for hydroxylation is 1. The predicted octanol–water partition coefficient (Wildman–Crippen LogP) is 4.89. The minimum absolute atomic E-state index is 0.305. The number of hydrogen-bond acceptors (Lipinski definition) is 3. The van der Waals surface area contributed by atoms with E-state index < -0.39 is 0 Å². The van der Waals surface area contributed by atoms with Crippen LogP contribution >= 0.6 is 12.0 Å². The summed E-state index contributed by atoms with van der Waals surface area (Å²) in [5.74, 6) is -0.305. The van der Waals surface area contributed by atoms with Gasteiger partial charge in [0.1, 0.15) is 0 Å². The van der Waals surface area contributed by atoms with Crippen LogP contribution in [0.1, 0.15) is 35.7 Å². The number of carbonyl (C=O) groups excluding carboxylic acids is 1. The highest BCUT2D eigenvalue weighted by molar-refractivity contribution is 7.95. The first-order chi connectivity index (χ1) is 9.79. The highest BCUT2D eigenvalue weighted by Gasteiger charge is 2.08. The molecule has 0 aliphatic carbocycles. The molecule has 2 aromatic rings. The third kappa shape index (κ3) is 4.42. The monoisotopic (exact) mass is 286 g/mol. The Kier molecular flexibility index (Phi) is 5.69. The van der Waals surface area contributed by atoms with Crippen molar-refractivity contribution < 1.29 is 8.98 Å². The van der Waals surface area contributed by atoms with Gasteiger partial charge in [-0.15, -0.1) is 0 Å². The summed E-state index contributed by atoms with van der Waals surface area (Å²) in [5, 5.41) is 0. The van der Waals surface area contributed by atoms with E-state index in [1.807, 2.05) is 54.6 Å². The molecule has 104 valence electrons. The van der Waals surface area contributed by atoms with E-state index in [2.05, 4.69) is 6.92 Å². The SMILES string of the molecule is CCCCc1ccc(C(=O)OSc2ccccc2)cc1. The van der Waals surface area contributed by atoms with Gasteiger partial charge in [-0.2, -0.15) is 0 Å². The summed E-state index contributed by atoms with van der Waals surface area (Å²) < 4.78 is 5.21. The zero-order chi connectivity index (χ0) is 14.2. The zero-order valence-electron chi connectivity index (χ0n) is 11.5. The predicted molar refractivity (Wildman–Crippen MR) is 82.8 cm³/mol. The van der Waals surface area contributed by atoms with E-state index in [-0.39, 0.29) is 5.97 Å². The molecule has 0 aliphatic heterocycles. The minimum Gasteiger partial charge on any atom is -0.382 e. The van der Waals surface area contributed by atoms with E-state index in [1.54, 1.807) is 0 Å². The first-order valence-electron chi connectivity index (χ1n) is 6.82. The topological polar surface area (TPSA) is 26.3 Å². The Labute approximate surface area is 124 Å². The van der Waals surface area contributed by atoms with E-state index >= 15 is 0 Å². The van der Waals surface area contributed by atoms with Crippen molar-refractivity contribution in [1.29, 1.82) is 0 Å². The molecule has 0 spiro atoms. The van der Waals surface area contributed by atoms with Crippen LogP contribution in [-0.4, -0.2) is 5.97 Å². The molecule has 2 rings (SSSR count). The quantitative estimate of drug-likeness (QED) is 0.707. The van der Waals surface area contributed by atoms with Crippen molar-refractivity contribution in [1.82, 2.24) is 0 Å². The smallest absolute Gasteiger partial charge is 0.350 e. The van der Waals surface area contributed by atoms with E-state index in [4.69, 9.17) is 4.18 Å². The molecule has 0 aromatic heterocycles. The van der Waals surface area contributed by atoms with Crippen LogP contribution in [0.2, 0.25) is 0 Å². The van der Waals surface area contributed by atoms with Crippen LogP contribution in [0.5, 0.6) is 0 Å². The van der Waals surface area contributed by atoms with Gasteiger partial charge in [-0.05, 0) is 42.7 Å². The summed E-state index contributed by atoms with van der Waals surface area (Å²) in [7, 11) is 0. The lowest BCUT2D eigenvalue weighted by atomic mass is 10.1. The fourth-order valence-corrected chi connectivity index (χ4v) is 2.33. The summed E-state index contributed by atoms with van der Waals surface area (Å²) in [4.78, 5) is 12.8. The highest BCUT2D eigenvalue weighted by atomic mass is 32.2. The standard InChI is InChI=1S/C17H18O2S/c1-2-3-7-14-10-12-15(13-11-14)17(18)19-20-16-8-5-4-6-9-16/h4-6,8-13H,2-3,7H2,1H3. The molecule has 0 aliphatic rings. The second-order valence-electron chi connectivity index (χ2n) is 4.57. The molecule has 0 unspecified atom stereocenters. The Hall–Kier alpha value is -1.74. The van der Waals surface area contributed by atoms with Gasteiger partial charge in [0, 0.05) is 4.90 Å². The molecule has 0 atom stereocenters. The summed E-state index contributed by atoms with van der Waals surface area (Å²) in [5.41, 5.74) is 1.85. The summed E-state index contributed by atoms with van der Waals surface area (Å²) in [6.45, 7) is 2.17. The average molecular weight is 286 g/mol. The van der Waals surface area contributed by atoms with Gasteiger partial charge in [0.15, 0.2) is 0 Å². The molecule has 0 saturated heterocycles. The Morgan fingerprint density at radius 2 is 1.75 bits per heavy atom. The van der Waals surface area contributed by atoms with Crippen LogP contribution in [0.4, 0.5) is 0 Å². The van der Waals surface area contributed by atoms with Gasteiger partial charge in [0.05, 0.1) is 17.6 Å². The van der Waals surface area contributed by atoms with Crippen molar-refractivity contribution in [3.63, 3.8) is 0 Å². The molecule has 0 heterocycles. The number of carbonyl (C=O) groups is 1. The second kappa shape index (κ2) is 7.75. The van der Waals surface area contributed by atoms with Crippen LogP contribution in [-0.2, 0) is 10.6 Å². The molecule has 0 bridgehead atoms. The summed E-state index contributed by atoms with van der Waals surface area (Å²) in [6.07, 6.45) is 3.41. The molecule has 0 amide bonds. The van der Waals surface area contributed by atoms with E-state index in [0.29, 0.717) is 5.56 Å². The number of hydrogen-bond donors (Lipinski definition) is 0. The molecule has 0 N–H and O–H groups in total. The number of rotatable bonds is 6. The lowest BCUT2D eigenvalue weighted by molar-refractivity contribution is 0.0768. The van der Waals surface area contributed by atoms with Crippen LogP contribution in [0.25, 0.3) is 0 Å². The van der Waals surface area contributed by atoms with Crippen molar-refractivity contribution in [2.24, 2.45) is 0 Å². The molecule has 20 heavy (non-hydrogen) atoms. The largest absolute Gasteiger partial charge is 0.382 e. The molecule has 3 heteroatoms. The average Bonchev–Trinajstić information content (AvgIpc) is 2.52. The van der Waals surface area contributed by atoms with Crippen LogP contribution < -0.4 is 0 Å². The van der Waals surface area contributed by atoms with Gasteiger partial charge in [-0.25, -0.2) is 4.79 Å². The Bertz CT molecular complexity index is 535. The van der Waals surface area contributed by atoms with Gasteiger partial charge in [0.25, 0.3) is 0 Å². The molecular weight excluding hydrogens is 268 g/mol. The molecular formula is C17H18O2S. The van der Waals surface area contributed by atoms with Gasteiger partial charge in [0.2, 0.25) is 0 Å². The molecule has 0 saturated carbocycles. The fraction of sp³-hybridized carbons (Fsp3) is 0.235. The van der Waals surface area contributed by atoms with Gasteiger partial charge in [-0.1, -0.05) is 43.7 Å². The first-order valence-corrected chi connectivity index (χ1v) is 7.56. The zero-order valence-corrected chi connectivity index (χ0v) is 12.4. The van der Waals surface area contributed by atoms with Crippen molar-refractivity contribution in [3.8, 4) is 0 Å². The maximum absolute atomic E-state index is 11.9. The van der Waals surface area contributed by atoms with E-state index in [1.165, 1.54) is 18.4 Å². The number of unbranched alkanes of at least 4 members (excludes halogenated alkanes) is 1. The second-order valence-corrected chi connectivity index (χ2v) is 5.37.